The van der Waals surface area contributed by atoms with Gasteiger partial charge in [0.05, 0.1) is 12.6 Å². The summed E-state index contributed by atoms with van der Waals surface area (Å²) in [6.07, 6.45) is 3.86. The van der Waals surface area contributed by atoms with Crippen molar-refractivity contribution in [1.82, 2.24) is 14.5 Å². The third kappa shape index (κ3) is 2.17. The molecule has 1 fully saturated rings. The molecule has 0 amide bonds. The number of imidazole rings is 1. The van der Waals surface area contributed by atoms with Crippen LogP contribution in [0.4, 0.5) is 5.95 Å². The fourth-order valence-corrected chi connectivity index (χ4v) is 2.04. The fraction of sp³-hybridized carbons (Fsp3) is 0.636. The van der Waals surface area contributed by atoms with Crippen LogP contribution >= 0.6 is 0 Å². The van der Waals surface area contributed by atoms with Gasteiger partial charge in [-0.1, -0.05) is 0 Å². The molecule has 0 radical (unpaired) electrons. The minimum atomic E-state index is 0.538. The largest absolute Gasteiger partial charge is 0.340 e. The van der Waals surface area contributed by atoms with Gasteiger partial charge < -0.3 is 9.47 Å². The summed E-state index contributed by atoms with van der Waals surface area (Å²) in [5, 5.41) is 8.63. The molecular weight excluding hydrogens is 202 g/mol. The maximum Gasteiger partial charge on any atom is 0.205 e. The Morgan fingerprint density at radius 3 is 2.75 bits per heavy atom. The molecule has 0 atom stereocenters. The number of nitriles is 1. The summed E-state index contributed by atoms with van der Waals surface area (Å²) in [7, 11) is 0. The summed E-state index contributed by atoms with van der Waals surface area (Å²) in [5.41, 5.74) is 0. The summed E-state index contributed by atoms with van der Waals surface area (Å²) >= 11 is 0. The zero-order valence-electron chi connectivity index (χ0n) is 9.63. The Labute approximate surface area is 95.9 Å². The van der Waals surface area contributed by atoms with Crippen LogP contribution in [-0.2, 0) is 6.54 Å². The molecule has 0 aromatic carbocycles. The Bertz CT molecular complexity index is 370. The third-order valence-electron chi connectivity index (χ3n) is 2.98. The number of aryl methyl sites for hydroxylation is 1. The number of hydrogen-bond donors (Lipinski definition) is 0. The molecule has 0 N–H and O–H groups in total. The third-order valence-corrected chi connectivity index (χ3v) is 2.98. The van der Waals surface area contributed by atoms with Gasteiger partial charge in [-0.2, -0.15) is 5.26 Å². The number of piperazine rings is 1. The normalized spacial score (nSPS) is 17.4. The first-order valence-electron chi connectivity index (χ1n) is 5.70. The van der Waals surface area contributed by atoms with Crippen molar-refractivity contribution in [3.8, 4) is 6.07 Å². The van der Waals surface area contributed by atoms with E-state index >= 15 is 0 Å². The molecular formula is C11H17N5. The van der Waals surface area contributed by atoms with Crippen LogP contribution in [-0.4, -0.2) is 47.2 Å². The second-order valence-corrected chi connectivity index (χ2v) is 3.93. The molecule has 0 unspecified atom stereocenters. The van der Waals surface area contributed by atoms with E-state index in [4.69, 9.17) is 5.26 Å². The average Bonchev–Trinajstić information content (AvgIpc) is 2.78. The van der Waals surface area contributed by atoms with Crippen molar-refractivity contribution in [1.29, 1.82) is 5.26 Å². The maximum absolute atomic E-state index is 8.63. The Balaban J connectivity index is 1.97. The molecule has 0 saturated carbocycles. The van der Waals surface area contributed by atoms with Crippen molar-refractivity contribution in [2.75, 3.05) is 37.6 Å². The molecule has 16 heavy (non-hydrogen) atoms. The summed E-state index contributed by atoms with van der Waals surface area (Å²) in [6, 6.07) is 2.20. The molecule has 0 aliphatic carbocycles. The Morgan fingerprint density at radius 1 is 1.38 bits per heavy atom. The highest BCUT2D eigenvalue weighted by Gasteiger charge is 2.19. The van der Waals surface area contributed by atoms with Crippen LogP contribution in [0, 0.1) is 11.3 Å². The van der Waals surface area contributed by atoms with Crippen LogP contribution in [0.25, 0.3) is 0 Å². The molecule has 2 rings (SSSR count). The average molecular weight is 219 g/mol. The molecule has 0 spiro atoms. The molecule has 1 aliphatic rings. The molecule has 1 aromatic heterocycles. The lowest BCUT2D eigenvalue weighted by Gasteiger charge is -2.34. The van der Waals surface area contributed by atoms with E-state index in [1.807, 2.05) is 12.4 Å². The van der Waals surface area contributed by atoms with E-state index < -0.39 is 0 Å². The monoisotopic (exact) mass is 219 g/mol. The van der Waals surface area contributed by atoms with Crippen molar-refractivity contribution in [3.05, 3.63) is 12.4 Å². The SMILES string of the molecule is CCn1ccnc1N1CCN(CC#N)CC1. The topological polar surface area (TPSA) is 48.1 Å². The Hall–Kier alpha value is -1.54. The predicted molar refractivity (Wildman–Crippen MR) is 62.2 cm³/mol. The molecule has 1 saturated heterocycles. The molecule has 86 valence electrons. The predicted octanol–water partition coefficient (Wildman–Crippen LogP) is 0.549. The zero-order chi connectivity index (χ0) is 11.4. The summed E-state index contributed by atoms with van der Waals surface area (Å²) < 4.78 is 2.15. The van der Waals surface area contributed by atoms with Crippen molar-refractivity contribution in [3.63, 3.8) is 0 Å². The van der Waals surface area contributed by atoms with Gasteiger partial charge in [0.1, 0.15) is 0 Å². The minimum absolute atomic E-state index is 0.538. The van der Waals surface area contributed by atoms with Crippen LogP contribution in [0.1, 0.15) is 6.92 Å². The zero-order valence-corrected chi connectivity index (χ0v) is 9.63. The van der Waals surface area contributed by atoms with E-state index in [1.165, 1.54) is 0 Å². The van der Waals surface area contributed by atoms with Crippen molar-refractivity contribution in [2.24, 2.45) is 0 Å². The van der Waals surface area contributed by atoms with Gasteiger partial charge in [0.2, 0.25) is 5.95 Å². The summed E-state index contributed by atoms with van der Waals surface area (Å²) in [6.45, 7) is 7.42. The van der Waals surface area contributed by atoms with Gasteiger partial charge in [0.25, 0.3) is 0 Å². The quantitative estimate of drug-likeness (QED) is 0.696. The summed E-state index contributed by atoms with van der Waals surface area (Å²) in [4.78, 5) is 8.85. The van der Waals surface area contributed by atoms with E-state index in [9.17, 15) is 0 Å². The van der Waals surface area contributed by atoms with E-state index in [2.05, 4.69) is 32.3 Å². The number of nitrogens with zero attached hydrogens (tertiary/aromatic N) is 5. The van der Waals surface area contributed by atoms with Gasteiger partial charge in [0, 0.05) is 45.1 Å². The van der Waals surface area contributed by atoms with E-state index in [0.717, 1.165) is 38.7 Å². The number of aromatic nitrogens is 2. The van der Waals surface area contributed by atoms with E-state index in [0.29, 0.717) is 6.54 Å². The standard InChI is InChI=1S/C11H17N5/c1-2-15-6-4-13-11(15)16-9-7-14(5-3-12)8-10-16/h4,6H,2,5,7-10H2,1H3. The Kier molecular flexibility index (Phi) is 3.42. The van der Waals surface area contributed by atoms with Crippen LogP contribution in [0.2, 0.25) is 0 Å². The van der Waals surface area contributed by atoms with Crippen LogP contribution < -0.4 is 4.90 Å². The lowest BCUT2D eigenvalue weighted by atomic mass is 10.3. The minimum Gasteiger partial charge on any atom is -0.340 e. The highest BCUT2D eigenvalue weighted by Crippen LogP contribution is 2.13. The number of rotatable bonds is 3. The van der Waals surface area contributed by atoms with Gasteiger partial charge in [-0.15, -0.1) is 0 Å². The van der Waals surface area contributed by atoms with Gasteiger partial charge >= 0.3 is 0 Å². The van der Waals surface area contributed by atoms with Crippen LogP contribution in [0.5, 0.6) is 0 Å². The van der Waals surface area contributed by atoms with Crippen molar-refractivity contribution >= 4 is 5.95 Å². The molecule has 1 aliphatic heterocycles. The van der Waals surface area contributed by atoms with Crippen molar-refractivity contribution < 1.29 is 0 Å². The summed E-state index contributed by atoms with van der Waals surface area (Å²) in [5.74, 6) is 1.05. The first-order valence-corrected chi connectivity index (χ1v) is 5.70. The highest BCUT2D eigenvalue weighted by atomic mass is 15.3. The van der Waals surface area contributed by atoms with Crippen LogP contribution in [0.3, 0.4) is 0 Å². The molecule has 2 heterocycles. The molecule has 5 heteroatoms. The first kappa shape index (κ1) is 11.0. The smallest absolute Gasteiger partial charge is 0.205 e. The fourth-order valence-electron chi connectivity index (χ4n) is 2.04. The molecule has 1 aromatic rings. The first-order chi connectivity index (χ1) is 7.85. The molecule has 0 bridgehead atoms. The number of hydrogen-bond acceptors (Lipinski definition) is 4. The highest BCUT2D eigenvalue weighted by molar-refractivity contribution is 5.32. The van der Waals surface area contributed by atoms with Gasteiger partial charge in [0.15, 0.2) is 0 Å². The van der Waals surface area contributed by atoms with Gasteiger partial charge in [-0.3, -0.25) is 4.90 Å². The maximum atomic E-state index is 8.63. The van der Waals surface area contributed by atoms with Crippen molar-refractivity contribution in [2.45, 2.75) is 13.5 Å². The lowest BCUT2D eigenvalue weighted by Crippen LogP contribution is -2.47. The second-order valence-electron chi connectivity index (χ2n) is 3.93. The van der Waals surface area contributed by atoms with Gasteiger partial charge in [-0.25, -0.2) is 4.98 Å². The van der Waals surface area contributed by atoms with E-state index in [1.54, 1.807) is 0 Å². The van der Waals surface area contributed by atoms with Crippen LogP contribution in [0.15, 0.2) is 12.4 Å². The lowest BCUT2D eigenvalue weighted by molar-refractivity contribution is 0.284. The Morgan fingerprint density at radius 2 is 2.12 bits per heavy atom. The molecule has 5 nitrogen and oxygen atoms in total. The van der Waals surface area contributed by atoms with Gasteiger partial charge in [-0.05, 0) is 6.92 Å². The number of anilines is 1. The second kappa shape index (κ2) is 4.99. The van der Waals surface area contributed by atoms with E-state index in [-0.39, 0.29) is 0 Å².